The molecule has 2 aromatic rings. The Kier molecular flexibility index (Phi) is 9.21. The average Bonchev–Trinajstić information content (AvgIpc) is 3.53. The van der Waals surface area contributed by atoms with Gasteiger partial charge in [0.2, 0.25) is 5.91 Å². The van der Waals surface area contributed by atoms with Crippen LogP contribution in [0.2, 0.25) is 0 Å². The lowest BCUT2D eigenvalue weighted by Crippen LogP contribution is -2.50. The van der Waals surface area contributed by atoms with Crippen LogP contribution in [0.25, 0.3) is 0 Å². The maximum absolute atomic E-state index is 13.1. The third-order valence-corrected chi connectivity index (χ3v) is 8.45. The molecular weight excluding hydrogens is 506 g/mol. The lowest BCUT2D eigenvalue weighted by atomic mass is 9.91. The van der Waals surface area contributed by atoms with E-state index in [1.54, 1.807) is 12.1 Å². The molecule has 4 N–H and O–H groups in total. The third-order valence-electron chi connectivity index (χ3n) is 8.45. The van der Waals surface area contributed by atoms with Crippen LogP contribution in [0, 0.1) is 5.92 Å². The Morgan fingerprint density at radius 1 is 0.875 bits per heavy atom. The summed E-state index contributed by atoms with van der Waals surface area (Å²) in [6, 6.07) is 15.2. The maximum Gasteiger partial charge on any atom is 0.412 e. The van der Waals surface area contributed by atoms with Gasteiger partial charge in [-0.2, -0.15) is 0 Å². The van der Waals surface area contributed by atoms with Crippen molar-refractivity contribution in [2.24, 2.45) is 11.7 Å². The Morgan fingerprint density at radius 3 is 2.27 bits per heavy atom. The van der Waals surface area contributed by atoms with Crippen molar-refractivity contribution in [1.29, 1.82) is 0 Å². The Labute approximate surface area is 236 Å². The Morgan fingerprint density at radius 2 is 1.57 bits per heavy atom. The molecule has 9 heteroatoms. The van der Waals surface area contributed by atoms with Crippen LogP contribution < -0.4 is 21.3 Å². The summed E-state index contributed by atoms with van der Waals surface area (Å²) in [7, 11) is 0. The average molecular weight is 548 g/mol. The summed E-state index contributed by atoms with van der Waals surface area (Å²) in [6.45, 7) is 2.73. The van der Waals surface area contributed by atoms with Gasteiger partial charge in [-0.3, -0.25) is 14.9 Å². The molecule has 2 aromatic carbocycles. The summed E-state index contributed by atoms with van der Waals surface area (Å²) in [5.74, 6) is 0.274. The first-order valence-electron chi connectivity index (χ1n) is 14.7. The molecule has 9 nitrogen and oxygen atoms in total. The molecule has 0 aromatic heterocycles. The molecule has 0 unspecified atom stereocenters. The molecule has 3 fully saturated rings. The number of nitrogens with one attached hydrogen (secondary N) is 2. The van der Waals surface area contributed by atoms with E-state index in [1.165, 1.54) is 0 Å². The van der Waals surface area contributed by atoms with Crippen LogP contribution >= 0.6 is 0 Å². The lowest BCUT2D eigenvalue weighted by molar-refractivity contribution is -0.135. The molecule has 2 aliphatic carbocycles. The number of carbonyl (C=O) groups is 3. The maximum atomic E-state index is 13.1. The van der Waals surface area contributed by atoms with E-state index in [0.717, 1.165) is 62.6 Å². The number of hydrogen-bond acceptors (Lipinski definition) is 6. The van der Waals surface area contributed by atoms with E-state index >= 15 is 0 Å². The zero-order valence-electron chi connectivity index (χ0n) is 23.1. The molecular formula is C31H41N5O4. The van der Waals surface area contributed by atoms with Gasteiger partial charge in [-0.15, -0.1) is 0 Å². The number of nitrogens with two attached hydrogens (primary N) is 1. The van der Waals surface area contributed by atoms with Gasteiger partial charge in [0.25, 0.3) is 5.91 Å². The number of carbonyl (C=O) groups excluding carboxylic acids is 3. The smallest absolute Gasteiger partial charge is 0.412 e. The minimum Gasteiger partial charge on any atom is -0.444 e. The van der Waals surface area contributed by atoms with E-state index in [4.69, 9.17) is 10.5 Å². The summed E-state index contributed by atoms with van der Waals surface area (Å²) < 4.78 is 5.48. The van der Waals surface area contributed by atoms with E-state index in [9.17, 15) is 14.4 Å². The van der Waals surface area contributed by atoms with Gasteiger partial charge >= 0.3 is 6.09 Å². The summed E-state index contributed by atoms with van der Waals surface area (Å²) >= 11 is 0. The van der Waals surface area contributed by atoms with E-state index in [1.807, 2.05) is 41.3 Å². The summed E-state index contributed by atoms with van der Waals surface area (Å²) in [4.78, 5) is 43.0. The van der Waals surface area contributed by atoms with Gasteiger partial charge in [-0.25, -0.2) is 4.79 Å². The fourth-order valence-corrected chi connectivity index (χ4v) is 6.05. The molecule has 3 amide bonds. The first kappa shape index (κ1) is 28.0. The zero-order valence-corrected chi connectivity index (χ0v) is 23.1. The highest BCUT2D eigenvalue weighted by atomic mass is 16.5. The molecule has 0 radical (unpaired) electrons. The van der Waals surface area contributed by atoms with E-state index in [0.29, 0.717) is 37.4 Å². The molecule has 5 rings (SSSR count). The molecule has 214 valence electrons. The monoisotopic (exact) mass is 547 g/mol. The molecule has 40 heavy (non-hydrogen) atoms. The molecule has 0 bridgehead atoms. The molecule has 0 atom stereocenters. The first-order chi connectivity index (χ1) is 19.5. The molecule has 1 heterocycles. The van der Waals surface area contributed by atoms with Crippen molar-refractivity contribution in [3.05, 3.63) is 59.7 Å². The topological polar surface area (TPSA) is 117 Å². The van der Waals surface area contributed by atoms with Crippen molar-refractivity contribution in [1.82, 2.24) is 10.2 Å². The van der Waals surface area contributed by atoms with Crippen LogP contribution in [-0.2, 0) is 16.1 Å². The minimum absolute atomic E-state index is 0.102. The van der Waals surface area contributed by atoms with E-state index in [-0.39, 0.29) is 36.4 Å². The minimum atomic E-state index is -0.584. The van der Waals surface area contributed by atoms with Gasteiger partial charge in [-0.05, 0) is 62.3 Å². The number of rotatable bonds is 7. The highest BCUT2D eigenvalue weighted by molar-refractivity contribution is 5.98. The first-order valence-corrected chi connectivity index (χ1v) is 14.7. The third kappa shape index (κ3) is 7.13. The van der Waals surface area contributed by atoms with E-state index in [2.05, 4.69) is 15.5 Å². The van der Waals surface area contributed by atoms with Crippen LogP contribution in [0.4, 0.5) is 16.2 Å². The van der Waals surface area contributed by atoms with Crippen molar-refractivity contribution in [2.75, 3.05) is 36.4 Å². The highest BCUT2D eigenvalue weighted by Gasteiger charge is 2.30. The fraction of sp³-hybridized carbons (Fsp3) is 0.516. The number of anilines is 2. The largest absolute Gasteiger partial charge is 0.444 e. The second-order valence-electron chi connectivity index (χ2n) is 11.3. The highest BCUT2D eigenvalue weighted by Crippen LogP contribution is 2.31. The van der Waals surface area contributed by atoms with Crippen molar-refractivity contribution in [3.63, 3.8) is 0 Å². The van der Waals surface area contributed by atoms with Crippen LogP contribution in [-0.4, -0.2) is 61.1 Å². The van der Waals surface area contributed by atoms with Crippen LogP contribution in [0.15, 0.2) is 48.5 Å². The number of benzene rings is 2. The number of piperazine rings is 1. The summed E-state index contributed by atoms with van der Waals surface area (Å²) in [5, 5.41) is 6.01. The zero-order chi connectivity index (χ0) is 27.9. The van der Waals surface area contributed by atoms with Gasteiger partial charge in [0, 0.05) is 49.7 Å². The Balaban J connectivity index is 1.27. The van der Waals surface area contributed by atoms with Gasteiger partial charge < -0.3 is 25.6 Å². The second-order valence-corrected chi connectivity index (χ2v) is 11.3. The second kappa shape index (κ2) is 13.2. The molecule has 3 aliphatic rings. The van der Waals surface area contributed by atoms with Crippen LogP contribution in [0.3, 0.4) is 0 Å². The molecule has 1 saturated heterocycles. The fourth-order valence-electron chi connectivity index (χ4n) is 6.05. The van der Waals surface area contributed by atoms with Crippen LogP contribution in [0.1, 0.15) is 67.3 Å². The number of ether oxygens (including phenoxy) is 1. The van der Waals surface area contributed by atoms with Gasteiger partial charge in [0.1, 0.15) is 6.61 Å². The summed E-state index contributed by atoms with van der Waals surface area (Å²) in [5.41, 5.74) is 8.72. The lowest BCUT2D eigenvalue weighted by Gasteiger charge is -2.38. The number of hydrogen-bond donors (Lipinski definition) is 3. The van der Waals surface area contributed by atoms with Crippen molar-refractivity contribution in [2.45, 2.75) is 70.1 Å². The van der Waals surface area contributed by atoms with Crippen molar-refractivity contribution in [3.8, 4) is 0 Å². The molecule has 0 spiro atoms. The number of amides is 3. The van der Waals surface area contributed by atoms with Gasteiger partial charge in [0.15, 0.2) is 0 Å². The van der Waals surface area contributed by atoms with Gasteiger partial charge in [0.05, 0.1) is 11.4 Å². The predicted octanol–water partition coefficient (Wildman–Crippen LogP) is 4.27. The van der Waals surface area contributed by atoms with Crippen LogP contribution in [0.5, 0.6) is 0 Å². The quantitative estimate of drug-likeness (QED) is 0.477. The van der Waals surface area contributed by atoms with Crippen molar-refractivity contribution >= 4 is 29.3 Å². The van der Waals surface area contributed by atoms with E-state index < -0.39 is 6.09 Å². The Hall–Kier alpha value is -3.59. The van der Waals surface area contributed by atoms with Gasteiger partial charge in [-0.1, -0.05) is 43.2 Å². The molecule has 2 saturated carbocycles. The normalized spacial score (nSPS) is 21.6. The standard InChI is InChI=1S/C31H41N5O4/c32-25-11-13-26(14-12-25)33-29(37)24-10-15-28(27(20-24)34-31(39)40-21-22-6-2-1-3-7-22)35-16-18-36(19-17-35)30(38)23-8-4-5-9-23/h1-3,6-7,10,15,20,23,25-26H,4-5,8-9,11-14,16-19,21,32H2,(H,33,37)(H,34,39). The Bertz CT molecular complexity index is 1170. The summed E-state index contributed by atoms with van der Waals surface area (Å²) in [6.07, 6.45) is 7.22. The van der Waals surface area contributed by atoms with Crippen molar-refractivity contribution < 1.29 is 19.1 Å². The SMILES string of the molecule is NC1CCC(NC(=O)c2ccc(N3CCN(C(=O)C4CCCC4)CC3)c(NC(=O)OCc3ccccc3)c2)CC1. The number of nitrogens with zero attached hydrogens (tertiary/aromatic N) is 2. The predicted molar refractivity (Wildman–Crippen MR) is 155 cm³/mol. The molecule has 1 aliphatic heterocycles.